The molecule has 104 valence electrons. The van der Waals surface area contributed by atoms with E-state index in [2.05, 4.69) is 9.44 Å². The van der Waals surface area contributed by atoms with Crippen molar-refractivity contribution >= 4 is 27.0 Å². The molecule has 7 nitrogen and oxygen atoms in total. The third-order valence-electron chi connectivity index (χ3n) is 2.59. The van der Waals surface area contributed by atoms with Gasteiger partial charge in [0.05, 0.1) is 11.2 Å². The van der Waals surface area contributed by atoms with Crippen LogP contribution in [0.5, 0.6) is 0 Å². The van der Waals surface area contributed by atoms with Crippen molar-refractivity contribution in [3.63, 3.8) is 0 Å². The Bertz CT molecular complexity index is 745. The van der Waals surface area contributed by atoms with Gasteiger partial charge in [0.25, 0.3) is 10.2 Å². The molecule has 19 heavy (non-hydrogen) atoms. The third kappa shape index (κ3) is 2.96. The van der Waals surface area contributed by atoms with Crippen LogP contribution in [0, 0.1) is 0 Å². The van der Waals surface area contributed by atoms with E-state index in [1.165, 1.54) is 10.6 Å². The SMILES string of the molecule is CCCNS(=O)(=O)Nc1ccc2oc(=O)n(C)c2c1. The monoisotopic (exact) mass is 285 g/mol. The zero-order valence-corrected chi connectivity index (χ0v) is 11.5. The van der Waals surface area contributed by atoms with Crippen LogP contribution in [0.4, 0.5) is 5.69 Å². The minimum atomic E-state index is -3.59. The van der Waals surface area contributed by atoms with Gasteiger partial charge in [0.1, 0.15) is 0 Å². The van der Waals surface area contributed by atoms with E-state index >= 15 is 0 Å². The molecule has 0 spiro atoms. The molecule has 0 saturated carbocycles. The largest absolute Gasteiger partial charge is 0.419 e. The summed E-state index contributed by atoms with van der Waals surface area (Å²) >= 11 is 0. The minimum Gasteiger partial charge on any atom is -0.408 e. The van der Waals surface area contributed by atoms with Crippen LogP contribution in [0.3, 0.4) is 0 Å². The van der Waals surface area contributed by atoms with E-state index in [4.69, 9.17) is 4.42 Å². The molecule has 1 aromatic heterocycles. The zero-order valence-electron chi connectivity index (χ0n) is 10.6. The topological polar surface area (TPSA) is 93.3 Å². The van der Waals surface area contributed by atoms with Gasteiger partial charge in [0.2, 0.25) is 0 Å². The lowest BCUT2D eigenvalue weighted by atomic mass is 10.3. The van der Waals surface area contributed by atoms with Gasteiger partial charge >= 0.3 is 5.76 Å². The number of nitrogens with zero attached hydrogens (tertiary/aromatic N) is 1. The smallest absolute Gasteiger partial charge is 0.408 e. The Labute approximate surface area is 110 Å². The molecule has 0 aliphatic rings. The maximum atomic E-state index is 11.7. The fourth-order valence-corrected chi connectivity index (χ4v) is 2.60. The van der Waals surface area contributed by atoms with Gasteiger partial charge in [0.15, 0.2) is 5.58 Å². The summed E-state index contributed by atoms with van der Waals surface area (Å²) in [6.45, 7) is 2.23. The van der Waals surface area contributed by atoms with Crippen LogP contribution < -0.4 is 15.2 Å². The first-order valence-electron chi connectivity index (χ1n) is 5.80. The van der Waals surface area contributed by atoms with E-state index < -0.39 is 16.0 Å². The normalized spacial score (nSPS) is 11.9. The molecule has 2 aromatic rings. The molecule has 0 saturated heterocycles. The summed E-state index contributed by atoms with van der Waals surface area (Å²) in [5.41, 5.74) is 1.31. The second-order valence-electron chi connectivity index (χ2n) is 4.11. The predicted molar refractivity (Wildman–Crippen MR) is 72.3 cm³/mol. The highest BCUT2D eigenvalue weighted by Gasteiger charge is 2.11. The van der Waals surface area contributed by atoms with E-state index in [0.717, 1.165) is 0 Å². The molecule has 0 bridgehead atoms. The van der Waals surface area contributed by atoms with Crippen molar-refractivity contribution in [1.82, 2.24) is 9.29 Å². The van der Waals surface area contributed by atoms with E-state index in [9.17, 15) is 13.2 Å². The van der Waals surface area contributed by atoms with E-state index in [-0.39, 0.29) is 0 Å². The highest BCUT2D eigenvalue weighted by Crippen LogP contribution is 2.18. The summed E-state index contributed by atoms with van der Waals surface area (Å²) in [4.78, 5) is 11.3. The number of aryl methyl sites for hydroxylation is 1. The zero-order chi connectivity index (χ0) is 14.0. The summed E-state index contributed by atoms with van der Waals surface area (Å²) in [5.74, 6) is -0.487. The van der Waals surface area contributed by atoms with Crippen molar-refractivity contribution in [3.8, 4) is 0 Å². The summed E-state index contributed by atoms with van der Waals surface area (Å²) in [6.07, 6.45) is 0.705. The number of oxazole rings is 1. The standard InChI is InChI=1S/C11H15N3O4S/c1-3-6-12-19(16,17)13-8-4-5-10-9(7-8)14(2)11(15)18-10/h4-5,7,12-13H,3,6H2,1-2H3. The number of hydrogen-bond acceptors (Lipinski definition) is 4. The molecule has 0 fully saturated rings. The van der Waals surface area contributed by atoms with Crippen LogP contribution in [0.1, 0.15) is 13.3 Å². The molecule has 0 radical (unpaired) electrons. The third-order valence-corrected chi connectivity index (χ3v) is 3.67. The first-order valence-corrected chi connectivity index (χ1v) is 7.28. The lowest BCUT2D eigenvalue weighted by molar-refractivity contribution is 0.528. The molecule has 2 N–H and O–H groups in total. The average Bonchev–Trinajstić information content (AvgIpc) is 2.63. The molecule has 0 amide bonds. The van der Waals surface area contributed by atoms with Gasteiger partial charge in [-0.1, -0.05) is 6.92 Å². The van der Waals surface area contributed by atoms with Crippen LogP contribution in [-0.4, -0.2) is 19.5 Å². The number of fused-ring (bicyclic) bond motifs is 1. The summed E-state index contributed by atoms with van der Waals surface area (Å²) in [5, 5.41) is 0. The van der Waals surface area contributed by atoms with Crippen molar-refractivity contribution in [2.45, 2.75) is 13.3 Å². The maximum Gasteiger partial charge on any atom is 0.419 e. The Morgan fingerprint density at radius 3 is 2.79 bits per heavy atom. The van der Waals surface area contributed by atoms with Crippen molar-refractivity contribution in [1.29, 1.82) is 0 Å². The van der Waals surface area contributed by atoms with Crippen molar-refractivity contribution < 1.29 is 12.8 Å². The molecule has 0 aliphatic carbocycles. The Morgan fingerprint density at radius 2 is 2.11 bits per heavy atom. The molecule has 1 heterocycles. The van der Waals surface area contributed by atoms with Crippen molar-refractivity contribution in [2.24, 2.45) is 7.05 Å². The van der Waals surface area contributed by atoms with Gasteiger partial charge in [-0.2, -0.15) is 13.1 Å². The quantitative estimate of drug-likeness (QED) is 0.849. The van der Waals surface area contributed by atoms with Gasteiger partial charge in [0, 0.05) is 13.6 Å². The second kappa shape index (κ2) is 5.06. The van der Waals surface area contributed by atoms with Crippen LogP contribution in [0.2, 0.25) is 0 Å². The first kappa shape index (κ1) is 13.6. The second-order valence-corrected chi connectivity index (χ2v) is 5.61. The van der Waals surface area contributed by atoms with Crippen LogP contribution in [0.15, 0.2) is 27.4 Å². The number of nitrogens with one attached hydrogen (secondary N) is 2. The Kier molecular flexibility index (Phi) is 3.63. The molecule has 8 heteroatoms. The molecular weight excluding hydrogens is 270 g/mol. The van der Waals surface area contributed by atoms with Gasteiger partial charge in [-0.15, -0.1) is 0 Å². The maximum absolute atomic E-state index is 11.7. The van der Waals surface area contributed by atoms with E-state index in [0.29, 0.717) is 29.8 Å². The number of benzene rings is 1. The number of hydrogen-bond donors (Lipinski definition) is 2. The summed E-state index contributed by atoms with van der Waals surface area (Å²) < 4.78 is 34.4. The van der Waals surface area contributed by atoms with Gasteiger partial charge < -0.3 is 4.42 Å². The van der Waals surface area contributed by atoms with Crippen LogP contribution in [0.25, 0.3) is 11.1 Å². The molecular formula is C11H15N3O4S. The fraction of sp³-hybridized carbons (Fsp3) is 0.364. The van der Waals surface area contributed by atoms with E-state index in [1.807, 2.05) is 6.92 Å². The highest BCUT2D eigenvalue weighted by atomic mass is 32.2. The van der Waals surface area contributed by atoms with Crippen molar-refractivity contribution in [3.05, 3.63) is 28.7 Å². The predicted octanol–water partition coefficient (Wildman–Crippen LogP) is 0.788. The number of aromatic nitrogens is 1. The Hall–Kier alpha value is -1.80. The minimum absolute atomic E-state index is 0.363. The first-order chi connectivity index (χ1) is 8.93. The van der Waals surface area contributed by atoms with Crippen LogP contribution >= 0.6 is 0 Å². The van der Waals surface area contributed by atoms with Gasteiger partial charge in [-0.25, -0.2) is 4.79 Å². The lowest BCUT2D eigenvalue weighted by Crippen LogP contribution is -2.30. The molecule has 0 unspecified atom stereocenters. The lowest BCUT2D eigenvalue weighted by Gasteiger charge is -2.08. The summed E-state index contributed by atoms with van der Waals surface area (Å²) in [7, 11) is -2.03. The Balaban J connectivity index is 2.31. The Morgan fingerprint density at radius 1 is 1.37 bits per heavy atom. The fourth-order valence-electron chi connectivity index (χ4n) is 1.62. The summed E-state index contributed by atoms with van der Waals surface area (Å²) in [6, 6.07) is 4.64. The molecule has 0 aliphatic heterocycles. The molecule has 1 aromatic carbocycles. The number of rotatable bonds is 5. The van der Waals surface area contributed by atoms with Gasteiger partial charge in [-0.05, 0) is 24.6 Å². The van der Waals surface area contributed by atoms with Crippen molar-refractivity contribution in [2.75, 3.05) is 11.3 Å². The van der Waals surface area contributed by atoms with E-state index in [1.54, 1.807) is 19.2 Å². The van der Waals surface area contributed by atoms with Gasteiger partial charge in [-0.3, -0.25) is 9.29 Å². The molecule has 2 rings (SSSR count). The average molecular weight is 285 g/mol. The van der Waals surface area contributed by atoms with Crippen LogP contribution in [-0.2, 0) is 17.3 Å². The highest BCUT2D eigenvalue weighted by molar-refractivity contribution is 7.90. The molecule has 0 atom stereocenters. The number of anilines is 1.